The van der Waals surface area contributed by atoms with Crippen LogP contribution >= 0.6 is 0 Å². The van der Waals surface area contributed by atoms with Crippen molar-refractivity contribution in [2.75, 3.05) is 20.6 Å². The van der Waals surface area contributed by atoms with Gasteiger partial charge in [-0.2, -0.15) is 5.26 Å². The highest BCUT2D eigenvalue weighted by atomic mass is 19.1. The summed E-state index contributed by atoms with van der Waals surface area (Å²) in [7, 11) is 3.93. The molecule has 4 heteroatoms. The number of nitriles is 1. The Hall–Kier alpha value is -2.48. The Labute approximate surface area is 135 Å². The van der Waals surface area contributed by atoms with Gasteiger partial charge in [0.2, 0.25) is 0 Å². The SMILES string of the molecule is CN(C)CC=C(c1ccc(F)cc1)c1ccc(C#N)cc1CO. The smallest absolute Gasteiger partial charge is 0.123 e. The molecule has 0 aromatic heterocycles. The first kappa shape index (κ1) is 16.9. The highest BCUT2D eigenvalue weighted by Crippen LogP contribution is 2.27. The zero-order valence-electron chi connectivity index (χ0n) is 13.3. The number of halogens is 1. The van der Waals surface area contributed by atoms with Gasteiger partial charge in [-0.3, -0.25) is 0 Å². The first-order valence-corrected chi connectivity index (χ1v) is 7.30. The van der Waals surface area contributed by atoms with E-state index in [1.165, 1.54) is 12.1 Å². The van der Waals surface area contributed by atoms with Crippen LogP contribution in [-0.2, 0) is 6.61 Å². The molecule has 3 nitrogen and oxygen atoms in total. The standard InChI is InChI=1S/C19H19FN2O/c1-22(2)10-9-19(15-4-6-17(20)7-5-15)18-8-3-14(12-21)11-16(18)13-23/h3-9,11,23H,10,13H2,1-2H3. The zero-order valence-corrected chi connectivity index (χ0v) is 13.3. The Balaban J connectivity index is 2.56. The maximum absolute atomic E-state index is 13.2. The molecule has 2 aromatic carbocycles. The number of benzene rings is 2. The van der Waals surface area contributed by atoms with E-state index in [4.69, 9.17) is 5.26 Å². The van der Waals surface area contributed by atoms with Gasteiger partial charge in [0.25, 0.3) is 0 Å². The third-order valence-electron chi connectivity index (χ3n) is 3.51. The second-order valence-electron chi connectivity index (χ2n) is 5.53. The molecule has 0 unspecified atom stereocenters. The molecule has 0 aliphatic carbocycles. The van der Waals surface area contributed by atoms with E-state index < -0.39 is 0 Å². The van der Waals surface area contributed by atoms with Crippen LogP contribution in [-0.4, -0.2) is 30.6 Å². The van der Waals surface area contributed by atoms with Crippen LogP contribution in [0.15, 0.2) is 48.5 Å². The fraction of sp³-hybridized carbons (Fsp3) is 0.211. The maximum atomic E-state index is 13.2. The molecular weight excluding hydrogens is 291 g/mol. The molecule has 0 saturated heterocycles. The zero-order chi connectivity index (χ0) is 16.8. The van der Waals surface area contributed by atoms with Crippen molar-refractivity contribution in [2.45, 2.75) is 6.61 Å². The number of likely N-dealkylation sites (N-methyl/N-ethyl adjacent to an activating group) is 1. The van der Waals surface area contributed by atoms with Gasteiger partial charge in [-0.25, -0.2) is 4.39 Å². The Bertz CT molecular complexity index is 743. The van der Waals surface area contributed by atoms with Crippen molar-refractivity contribution in [1.29, 1.82) is 5.26 Å². The monoisotopic (exact) mass is 310 g/mol. The van der Waals surface area contributed by atoms with Gasteiger partial charge in [-0.05, 0) is 60.6 Å². The molecule has 0 bridgehead atoms. The van der Waals surface area contributed by atoms with E-state index in [1.54, 1.807) is 24.3 Å². The summed E-state index contributed by atoms with van der Waals surface area (Å²) in [5.41, 5.74) is 3.81. The van der Waals surface area contributed by atoms with E-state index in [1.807, 2.05) is 31.1 Å². The van der Waals surface area contributed by atoms with E-state index in [2.05, 4.69) is 6.07 Å². The topological polar surface area (TPSA) is 47.3 Å². The average molecular weight is 310 g/mol. The minimum atomic E-state index is -0.289. The summed E-state index contributed by atoms with van der Waals surface area (Å²) in [5.74, 6) is -0.289. The first-order chi connectivity index (χ1) is 11.0. The third kappa shape index (κ3) is 4.26. The third-order valence-corrected chi connectivity index (χ3v) is 3.51. The molecule has 0 spiro atoms. The minimum absolute atomic E-state index is 0.161. The van der Waals surface area contributed by atoms with Gasteiger partial charge >= 0.3 is 0 Å². The highest BCUT2D eigenvalue weighted by Gasteiger charge is 2.11. The molecule has 1 N–H and O–H groups in total. The van der Waals surface area contributed by atoms with E-state index >= 15 is 0 Å². The summed E-state index contributed by atoms with van der Waals surface area (Å²) in [6.07, 6.45) is 2.04. The largest absolute Gasteiger partial charge is 0.392 e. The van der Waals surface area contributed by atoms with Crippen LogP contribution < -0.4 is 0 Å². The molecule has 0 fully saturated rings. The molecule has 0 atom stereocenters. The van der Waals surface area contributed by atoms with Crippen LogP contribution in [0.25, 0.3) is 5.57 Å². The summed E-state index contributed by atoms with van der Waals surface area (Å²) in [5, 5.41) is 18.7. The summed E-state index contributed by atoms with van der Waals surface area (Å²) < 4.78 is 13.2. The molecule has 0 amide bonds. The van der Waals surface area contributed by atoms with Crippen molar-refractivity contribution in [3.63, 3.8) is 0 Å². The van der Waals surface area contributed by atoms with Crippen molar-refractivity contribution in [3.8, 4) is 6.07 Å². The number of nitrogens with zero attached hydrogens (tertiary/aromatic N) is 2. The lowest BCUT2D eigenvalue weighted by Gasteiger charge is -2.15. The van der Waals surface area contributed by atoms with Crippen LogP contribution in [0.3, 0.4) is 0 Å². The quantitative estimate of drug-likeness (QED) is 0.922. The van der Waals surface area contributed by atoms with Gasteiger partial charge in [-0.1, -0.05) is 24.3 Å². The minimum Gasteiger partial charge on any atom is -0.392 e. The number of aliphatic hydroxyl groups is 1. The van der Waals surface area contributed by atoms with Gasteiger partial charge in [0.05, 0.1) is 18.2 Å². The van der Waals surface area contributed by atoms with Crippen molar-refractivity contribution in [2.24, 2.45) is 0 Å². The van der Waals surface area contributed by atoms with Crippen LogP contribution in [0, 0.1) is 17.1 Å². The molecule has 0 saturated carbocycles. The molecule has 23 heavy (non-hydrogen) atoms. The van der Waals surface area contributed by atoms with E-state index in [0.717, 1.165) is 16.7 Å². The predicted molar refractivity (Wildman–Crippen MR) is 89.1 cm³/mol. The Morgan fingerprint density at radius 2 is 1.91 bits per heavy atom. The van der Waals surface area contributed by atoms with Crippen molar-refractivity contribution in [1.82, 2.24) is 4.90 Å². The van der Waals surface area contributed by atoms with E-state index in [-0.39, 0.29) is 12.4 Å². The molecule has 0 aliphatic heterocycles. The van der Waals surface area contributed by atoms with Crippen molar-refractivity contribution >= 4 is 5.57 Å². The summed E-state index contributed by atoms with van der Waals surface area (Å²) in [6, 6.07) is 13.6. The second-order valence-corrected chi connectivity index (χ2v) is 5.53. The van der Waals surface area contributed by atoms with Gasteiger partial charge in [-0.15, -0.1) is 0 Å². The Kier molecular flexibility index (Phi) is 5.64. The maximum Gasteiger partial charge on any atom is 0.123 e. The highest BCUT2D eigenvalue weighted by molar-refractivity contribution is 5.81. The predicted octanol–water partition coefficient (Wildman–Crippen LogP) is 3.18. The lowest BCUT2D eigenvalue weighted by Crippen LogP contribution is -2.11. The Morgan fingerprint density at radius 1 is 1.22 bits per heavy atom. The average Bonchev–Trinajstić information content (AvgIpc) is 2.56. The van der Waals surface area contributed by atoms with Gasteiger partial charge in [0.1, 0.15) is 5.82 Å². The molecule has 2 aromatic rings. The number of rotatable bonds is 5. The van der Waals surface area contributed by atoms with Crippen LogP contribution in [0.4, 0.5) is 4.39 Å². The molecule has 118 valence electrons. The van der Waals surface area contributed by atoms with E-state index in [0.29, 0.717) is 17.7 Å². The number of aliphatic hydroxyl groups excluding tert-OH is 1. The van der Waals surface area contributed by atoms with Gasteiger partial charge in [0.15, 0.2) is 0 Å². The normalized spacial score (nSPS) is 11.6. The fourth-order valence-corrected chi connectivity index (χ4v) is 2.34. The van der Waals surface area contributed by atoms with Gasteiger partial charge in [0, 0.05) is 6.54 Å². The molecule has 0 heterocycles. The van der Waals surface area contributed by atoms with Crippen LogP contribution in [0.1, 0.15) is 22.3 Å². The lowest BCUT2D eigenvalue weighted by atomic mass is 9.92. The molecule has 0 radical (unpaired) electrons. The Morgan fingerprint density at radius 3 is 2.48 bits per heavy atom. The van der Waals surface area contributed by atoms with E-state index in [9.17, 15) is 9.50 Å². The van der Waals surface area contributed by atoms with Crippen LogP contribution in [0.5, 0.6) is 0 Å². The number of hydrogen-bond acceptors (Lipinski definition) is 3. The lowest BCUT2D eigenvalue weighted by molar-refractivity contribution is 0.281. The van der Waals surface area contributed by atoms with Crippen LogP contribution in [0.2, 0.25) is 0 Å². The molecular formula is C19H19FN2O. The fourth-order valence-electron chi connectivity index (χ4n) is 2.34. The summed E-state index contributed by atoms with van der Waals surface area (Å²) >= 11 is 0. The van der Waals surface area contributed by atoms with Crippen molar-refractivity contribution in [3.05, 3.63) is 76.6 Å². The first-order valence-electron chi connectivity index (χ1n) is 7.30. The van der Waals surface area contributed by atoms with Crippen molar-refractivity contribution < 1.29 is 9.50 Å². The molecule has 0 aliphatic rings. The second kappa shape index (κ2) is 7.68. The summed E-state index contributed by atoms with van der Waals surface area (Å²) in [6.45, 7) is 0.545. The molecule has 2 rings (SSSR count). The number of hydrogen-bond donors (Lipinski definition) is 1. The van der Waals surface area contributed by atoms with Gasteiger partial charge < -0.3 is 10.0 Å². The summed E-state index contributed by atoms with van der Waals surface area (Å²) in [4.78, 5) is 2.02.